The van der Waals surface area contributed by atoms with Crippen molar-refractivity contribution in [2.75, 3.05) is 6.61 Å². The van der Waals surface area contributed by atoms with Crippen LogP contribution in [0.3, 0.4) is 0 Å². The molecule has 34 heavy (non-hydrogen) atoms. The molecule has 184 valence electrons. The highest BCUT2D eigenvalue weighted by molar-refractivity contribution is 6.74. The summed E-state index contributed by atoms with van der Waals surface area (Å²) in [6.45, 7) is 15.7. The van der Waals surface area contributed by atoms with Crippen LogP contribution in [0.2, 0.25) is 28.2 Å². The highest BCUT2D eigenvalue weighted by Gasteiger charge is 2.37. The number of nitrogens with one attached hydrogen (secondary N) is 1. The van der Waals surface area contributed by atoms with E-state index in [1.54, 1.807) is 24.4 Å². The lowest BCUT2D eigenvalue weighted by molar-refractivity contribution is 0.263. The maximum atomic E-state index is 6.40. The van der Waals surface area contributed by atoms with Crippen LogP contribution < -0.4 is 10.1 Å². The SMILES string of the molecule is Cc1nn(CCO[Si](C)(C)C(C)(C)C)c(CNCc2cccnc2)c1Oc1cc(Cl)cc(Cl)c1. The molecule has 3 rings (SSSR count). The van der Waals surface area contributed by atoms with Crippen LogP contribution in [0.1, 0.15) is 37.7 Å². The van der Waals surface area contributed by atoms with Crippen molar-refractivity contribution in [3.8, 4) is 11.5 Å². The fourth-order valence-electron chi connectivity index (χ4n) is 3.24. The minimum absolute atomic E-state index is 0.154. The molecular weight excluding hydrogens is 487 g/mol. The van der Waals surface area contributed by atoms with Gasteiger partial charge in [-0.25, -0.2) is 0 Å². The largest absolute Gasteiger partial charge is 0.453 e. The molecule has 0 aliphatic rings. The number of nitrogens with zero attached hydrogens (tertiary/aromatic N) is 3. The Bertz CT molecular complexity index is 1080. The lowest BCUT2D eigenvalue weighted by Crippen LogP contribution is -2.41. The zero-order valence-corrected chi connectivity index (χ0v) is 23.3. The monoisotopic (exact) mass is 520 g/mol. The highest BCUT2D eigenvalue weighted by atomic mass is 35.5. The first-order chi connectivity index (χ1) is 16.0. The molecule has 0 unspecified atom stereocenters. The van der Waals surface area contributed by atoms with E-state index in [0.717, 1.165) is 17.0 Å². The molecular formula is C25H34Cl2N4O2Si. The van der Waals surface area contributed by atoms with E-state index in [0.29, 0.717) is 47.8 Å². The summed E-state index contributed by atoms with van der Waals surface area (Å²) in [4.78, 5) is 4.19. The number of aryl methyl sites for hydroxylation is 1. The number of aromatic nitrogens is 3. The molecule has 9 heteroatoms. The second-order valence-electron chi connectivity index (χ2n) is 9.87. The molecule has 0 atom stereocenters. The average molecular weight is 522 g/mol. The third kappa shape index (κ3) is 7.06. The normalized spacial score (nSPS) is 12.2. The van der Waals surface area contributed by atoms with Gasteiger partial charge >= 0.3 is 0 Å². The van der Waals surface area contributed by atoms with Crippen LogP contribution in [0.15, 0.2) is 42.7 Å². The molecule has 0 bridgehead atoms. The van der Waals surface area contributed by atoms with Gasteiger partial charge in [0.2, 0.25) is 0 Å². The van der Waals surface area contributed by atoms with Crippen molar-refractivity contribution in [1.82, 2.24) is 20.1 Å². The van der Waals surface area contributed by atoms with E-state index in [1.807, 2.05) is 29.9 Å². The molecule has 0 aliphatic heterocycles. The Hall–Kier alpha value is -1.90. The third-order valence-corrected chi connectivity index (χ3v) is 11.1. The van der Waals surface area contributed by atoms with Gasteiger partial charge < -0.3 is 14.5 Å². The summed E-state index contributed by atoms with van der Waals surface area (Å²) in [5, 5.41) is 9.45. The Kier molecular flexibility index (Phi) is 8.81. The summed E-state index contributed by atoms with van der Waals surface area (Å²) >= 11 is 12.4. The van der Waals surface area contributed by atoms with Gasteiger partial charge in [0, 0.05) is 35.5 Å². The smallest absolute Gasteiger partial charge is 0.192 e. The van der Waals surface area contributed by atoms with Crippen molar-refractivity contribution >= 4 is 31.5 Å². The number of pyridine rings is 1. The number of rotatable bonds is 10. The molecule has 1 N–H and O–H groups in total. The van der Waals surface area contributed by atoms with Gasteiger partial charge in [0.05, 0.1) is 18.8 Å². The van der Waals surface area contributed by atoms with Crippen LogP contribution in [0.4, 0.5) is 0 Å². The van der Waals surface area contributed by atoms with Crippen LogP contribution in [-0.4, -0.2) is 29.7 Å². The van der Waals surface area contributed by atoms with E-state index in [4.69, 9.17) is 37.5 Å². The maximum Gasteiger partial charge on any atom is 0.192 e. The molecule has 6 nitrogen and oxygen atoms in total. The first-order valence-corrected chi connectivity index (χ1v) is 15.1. The van der Waals surface area contributed by atoms with Crippen molar-refractivity contribution in [2.45, 2.75) is 65.5 Å². The topological polar surface area (TPSA) is 61.2 Å². The van der Waals surface area contributed by atoms with Crippen LogP contribution >= 0.6 is 23.2 Å². The predicted molar refractivity (Wildman–Crippen MR) is 141 cm³/mol. The van der Waals surface area contributed by atoms with Crippen LogP contribution in [0.25, 0.3) is 0 Å². The fourth-order valence-corrected chi connectivity index (χ4v) is 4.78. The van der Waals surface area contributed by atoms with E-state index in [2.05, 4.69) is 44.2 Å². The van der Waals surface area contributed by atoms with Gasteiger partial charge in [-0.1, -0.05) is 50.0 Å². The van der Waals surface area contributed by atoms with Gasteiger partial charge in [0.1, 0.15) is 11.4 Å². The molecule has 0 radical (unpaired) electrons. The summed E-state index contributed by atoms with van der Waals surface area (Å²) in [5.74, 6) is 1.27. The van der Waals surface area contributed by atoms with Crippen molar-refractivity contribution in [1.29, 1.82) is 0 Å². The Morgan fingerprint density at radius 3 is 2.41 bits per heavy atom. The highest BCUT2D eigenvalue weighted by Crippen LogP contribution is 2.37. The molecule has 0 saturated heterocycles. The fraction of sp³-hybridized carbons (Fsp3) is 0.440. The minimum Gasteiger partial charge on any atom is -0.453 e. The van der Waals surface area contributed by atoms with Gasteiger partial charge in [0.25, 0.3) is 0 Å². The van der Waals surface area contributed by atoms with Gasteiger partial charge in [0.15, 0.2) is 14.1 Å². The van der Waals surface area contributed by atoms with E-state index in [9.17, 15) is 0 Å². The zero-order valence-electron chi connectivity index (χ0n) is 20.8. The van der Waals surface area contributed by atoms with Crippen molar-refractivity contribution < 1.29 is 9.16 Å². The Morgan fingerprint density at radius 1 is 1.09 bits per heavy atom. The van der Waals surface area contributed by atoms with Gasteiger partial charge in [-0.2, -0.15) is 5.10 Å². The second kappa shape index (κ2) is 11.2. The van der Waals surface area contributed by atoms with E-state index < -0.39 is 8.32 Å². The molecule has 3 aromatic rings. The lowest BCUT2D eigenvalue weighted by atomic mass is 10.2. The molecule has 0 fully saturated rings. The third-order valence-electron chi connectivity index (χ3n) is 6.15. The van der Waals surface area contributed by atoms with Crippen LogP contribution in [-0.2, 0) is 24.1 Å². The number of ether oxygens (including phenoxy) is 1. The first kappa shape index (κ1) is 26.7. The molecule has 0 aliphatic carbocycles. The summed E-state index contributed by atoms with van der Waals surface area (Å²) in [5.41, 5.74) is 2.84. The number of hydrogen-bond donors (Lipinski definition) is 1. The molecule has 0 amide bonds. The molecule has 2 heterocycles. The molecule has 2 aromatic heterocycles. The van der Waals surface area contributed by atoms with Crippen molar-refractivity contribution in [2.24, 2.45) is 0 Å². The first-order valence-electron chi connectivity index (χ1n) is 11.4. The number of halogens is 2. The quantitative estimate of drug-likeness (QED) is 0.291. The summed E-state index contributed by atoms with van der Waals surface area (Å²) in [7, 11) is -1.85. The minimum atomic E-state index is -1.85. The number of benzene rings is 1. The second-order valence-corrected chi connectivity index (χ2v) is 15.5. The van der Waals surface area contributed by atoms with Crippen molar-refractivity contribution in [3.05, 3.63) is 69.7 Å². The summed E-state index contributed by atoms with van der Waals surface area (Å²) in [6, 6.07) is 9.15. The summed E-state index contributed by atoms with van der Waals surface area (Å²) in [6.07, 6.45) is 3.63. The van der Waals surface area contributed by atoms with E-state index in [-0.39, 0.29) is 5.04 Å². The maximum absolute atomic E-state index is 6.40. The van der Waals surface area contributed by atoms with Crippen LogP contribution in [0, 0.1) is 6.92 Å². The Labute approximate surface area is 213 Å². The average Bonchev–Trinajstić information content (AvgIpc) is 3.02. The lowest BCUT2D eigenvalue weighted by Gasteiger charge is -2.36. The zero-order chi connectivity index (χ0) is 24.9. The predicted octanol–water partition coefficient (Wildman–Crippen LogP) is 7.00. The van der Waals surface area contributed by atoms with Crippen molar-refractivity contribution in [3.63, 3.8) is 0 Å². The molecule has 1 aromatic carbocycles. The van der Waals surface area contributed by atoms with E-state index >= 15 is 0 Å². The molecule has 0 spiro atoms. The standard InChI is InChI=1S/C25H34Cl2N4O2Si/c1-18-24(33-22-13-20(26)12-21(27)14-22)23(17-29-16-19-8-7-9-28-15-19)31(30-18)10-11-32-34(5,6)25(2,3)4/h7-9,12-15,29H,10-11,16-17H2,1-6H3. The number of hydrogen-bond acceptors (Lipinski definition) is 5. The van der Waals surface area contributed by atoms with E-state index in [1.165, 1.54) is 0 Å². The van der Waals surface area contributed by atoms with Crippen LogP contribution in [0.5, 0.6) is 11.5 Å². The van der Waals surface area contributed by atoms with Gasteiger partial charge in [-0.15, -0.1) is 0 Å². The van der Waals surface area contributed by atoms with Gasteiger partial charge in [-0.3, -0.25) is 9.67 Å². The van der Waals surface area contributed by atoms with Gasteiger partial charge in [-0.05, 0) is 54.9 Å². The Morgan fingerprint density at radius 2 is 1.79 bits per heavy atom. The Balaban J connectivity index is 1.81. The summed E-state index contributed by atoms with van der Waals surface area (Å²) < 4.78 is 14.6. The molecule has 0 saturated carbocycles.